The van der Waals surface area contributed by atoms with Gasteiger partial charge >= 0.3 is 0 Å². The van der Waals surface area contributed by atoms with Crippen LogP contribution in [0.5, 0.6) is 0 Å². The number of rotatable bonds is 4. The average molecular weight is 261 g/mol. The summed E-state index contributed by atoms with van der Waals surface area (Å²) in [6, 6.07) is 0. The number of hydrogen-bond donors (Lipinski definition) is 2. The maximum atomic E-state index is 11.9. The Morgan fingerprint density at radius 1 is 1.32 bits per heavy atom. The fraction of sp³-hybridized carbons (Fsp3) is 0.333. The zero-order valence-corrected chi connectivity index (χ0v) is 11.0. The molecule has 0 aliphatic carbocycles. The van der Waals surface area contributed by atoms with Crippen LogP contribution < -0.4 is 10.6 Å². The Balaban J connectivity index is 2.09. The van der Waals surface area contributed by atoms with Crippen LogP contribution in [0.15, 0.2) is 16.9 Å². The zero-order valence-electron chi connectivity index (χ0n) is 11.0. The molecule has 0 saturated heterocycles. The van der Waals surface area contributed by atoms with Crippen molar-refractivity contribution in [2.24, 2.45) is 0 Å². The summed E-state index contributed by atoms with van der Waals surface area (Å²) in [6.45, 7) is 6.33. The molecule has 2 aromatic rings. The zero-order chi connectivity index (χ0) is 13.8. The highest BCUT2D eigenvalue weighted by Crippen LogP contribution is 2.17. The first-order chi connectivity index (χ1) is 9.11. The molecule has 0 fully saturated rings. The Bertz CT molecular complexity index is 576. The van der Waals surface area contributed by atoms with E-state index in [1.165, 1.54) is 12.4 Å². The van der Waals surface area contributed by atoms with E-state index in [0.29, 0.717) is 11.7 Å². The lowest BCUT2D eigenvalue weighted by molar-refractivity contribution is 0.101. The molecule has 0 bridgehead atoms. The van der Waals surface area contributed by atoms with Crippen LogP contribution in [0.4, 0.5) is 11.7 Å². The first-order valence-corrected chi connectivity index (χ1v) is 5.92. The highest BCUT2D eigenvalue weighted by Gasteiger charge is 2.14. The van der Waals surface area contributed by atoms with Crippen LogP contribution in [0.3, 0.4) is 0 Å². The van der Waals surface area contributed by atoms with Gasteiger partial charge in [-0.3, -0.25) is 10.1 Å². The van der Waals surface area contributed by atoms with E-state index in [0.717, 1.165) is 17.8 Å². The second kappa shape index (κ2) is 5.47. The first kappa shape index (κ1) is 13.0. The van der Waals surface area contributed by atoms with Gasteiger partial charge in [-0.25, -0.2) is 9.97 Å². The van der Waals surface area contributed by atoms with E-state index in [-0.39, 0.29) is 11.6 Å². The van der Waals surface area contributed by atoms with Crippen molar-refractivity contribution in [2.45, 2.75) is 20.8 Å². The maximum Gasteiger partial charge on any atom is 0.278 e. The van der Waals surface area contributed by atoms with E-state index in [4.69, 9.17) is 4.52 Å². The predicted octanol–water partition coefficient (Wildman–Crippen LogP) is 1.77. The van der Waals surface area contributed by atoms with Gasteiger partial charge in [0.15, 0.2) is 0 Å². The van der Waals surface area contributed by atoms with Crippen LogP contribution in [-0.2, 0) is 0 Å². The van der Waals surface area contributed by atoms with Crippen molar-refractivity contribution in [3.63, 3.8) is 0 Å². The third-order valence-electron chi connectivity index (χ3n) is 2.63. The van der Waals surface area contributed by atoms with Gasteiger partial charge in [-0.15, -0.1) is 0 Å². The number of nitrogens with one attached hydrogen (secondary N) is 2. The third-order valence-corrected chi connectivity index (χ3v) is 2.63. The molecular weight excluding hydrogens is 246 g/mol. The van der Waals surface area contributed by atoms with Crippen LogP contribution >= 0.6 is 0 Å². The monoisotopic (exact) mass is 261 g/mol. The standard InChI is InChI=1S/C12H15N5O2/c1-4-13-10-6-14-9(5-15-10)11(18)16-12-7(2)8(3)17-19-12/h5-6H,4H2,1-3H3,(H,13,15)(H,16,18). The summed E-state index contributed by atoms with van der Waals surface area (Å²) in [5.74, 6) is 0.584. The fourth-order valence-electron chi connectivity index (χ4n) is 1.42. The minimum atomic E-state index is -0.380. The third kappa shape index (κ3) is 2.87. The highest BCUT2D eigenvalue weighted by atomic mass is 16.5. The second-order valence-corrected chi connectivity index (χ2v) is 3.99. The summed E-state index contributed by atoms with van der Waals surface area (Å²) in [4.78, 5) is 20.0. The number of amides is 1. The second-order valence-electron chi connectivity index (χ2n) is 3.99. The van der Waals surface area contributed by atoms with E-state index in [1.807, 2.05) is 13.8 Å². The Labute approximate surface area is 110 Å². The highest BCUT2D eigenvalue weighted by molar-refractivity contribution is 6.02. The van der Waals surface area contributed by atoms with Crippen LogP contribution in [-0.4, -0.2) is 27.6 Å². The predicted molar refractivity (Wildman–Crippen MR) is 70.1 cm³/mol. The van der Waals surface area contributed by atoms with Crippen molar-refractivity contribution >= 4 is 17.6 Å². The molecule has 0 atom stereocenters. The van der Waals surface area contributed by atoms with Crippen molar-refractivity contribution in [2.75, 3.05) is 17.2 Å². The number of aryl methyl sites for hydroxylation is 1. The molecule has 2 aromatic heterocycles. The van der Waals surface area contributed by atoms with Crippen LogP contribution in [0, 0.1) is 13.8 Å². The summed E-state index contributed by atoms with van der Waals surface area (Å²) < 4.78 is 5.01. The van der Waals surface area contributed by atoms with Gasteiger partial charge in [-0.05, 0) is 20.8 Å². The largest absolute Gasteiger partial charge is 0.369 e. The fourth-order valence-corrected chi connectivity index (χ4v) is 1.42. The van der Waals surface area contributed by atoms with Crippen molar-refractivity contribution in [1.29, 1.82) is 0 Å². The van der Waals surface area contributed by atoms with E-state index in [9.17, 15) is 4.79 Å². The number of carbonyl (C=O) groups is 1. The molecule has 7 nitrogen and oxygen atoms in total. The molecule has 0 saturated carbocycles. The van der Waals surface area contributed by atoms with Gasteiger partial charge in [0.25, 0.3) is 5.91 Å². The molecule has 7 heteroatoms. The quantitative estimate of drug-likeness (QED) is 0.871. The molecule has 0 radical (unpaired) electrons. The van der Waals surface area contributed by atoms with E-state index in [2.05, 4.69) is 25.8 Å². The van der Waals surface area contributed by atoms with Crippen molar-refractivity contribution in [1.82, 2.24) is 15.1 Å². The van der Waals surface area contributed by atoms with Crippen LogP contribution in [0.25, 0.3) is 0 Å². The molecule has 19 heavy (non-hydrogen) atoms. The van der Waals surface area contributed by atoms with Gasteiger partial charge in [0, 0.05) is 12.1 Å². The van der Waals surface area contributed by atoms with Gasteiger partial charge in [-0.1, -0.05) is 5.16 Å². The molecule has 2 rings (SSSR count). The molecular formula is C12H15N5O2. The van der Waals surface area contributed by atoms with Crippen LogP contribution in [0.2, 0.25) is 0 Å². The van der Waals surface area contributed by atoms with E-state index >= 15 is 0 Å². The SMILES string of the molecule is CCNc1cnc(C(=O)Nc2onc(C)c2C)cn1. The first-order valence-electron chi connectivity index (χ1n) is 5.92. The van der Waals surface area contributed by atoms with Crippen LogP contribution in [0.1, 0.15) is 28.7 Å². The normalized spacial score (nSPS) is 10.3. The lowest BCUT2D eigenvalue weighted by Gasteiger charge is -2.03. The number of aromatic nitrogens is 3. The van der Waals surface area contributed by atoms with Crippen molar-refractivity contribution < 1.29 is 9.32 Å². The topological polar surface area (TPSA) is 92.9 Å². The molecule has 2 heterocycles. The molecule has 0 aromatic carbocycles. The minimum Gasteiger partial charge on any atom is -0.369 e. The number of anilines is 2. The Morgan fingerprint density at radius 2 is 2.11 bits per heavy atom. The number of hydrogen-bond acceptors (Lipinski definition) is 6. The Kier molecular flexibility index (Phi) is 3.74. The summed E-state index contributed by atoms with van der Waals surface area (Å²) in [5, 5.41) is 9.38. The van der Waals surface area contributed by atoms with Gasteiger partial charge in [0.05, 0.1) is 18.1 Å². The summed E-state index contributed by atoms with van der Waals surface area (Å²) in [6.07, 6.45) is 2.92. The molecule has 2 N–H and O–H groups in total. The molecule has 1 amide bonds. The summed E-state index contributed by atoms with van der Waals surface area (Å²) in [5.41, 5.74) is 1.75. The molecule has 0 aliphatic heterocycles. The van der Waals surface area contributed by atoms with E-state index in [1.54, 1.807) is 6.92 Å². The van der Waals surface area contributed by atoms with E-state index < -0.39 is 0 Å². The number of carbonyl (C=O) groups excluding carboxylic acids is 1. The lowest BCUT2D eigenvalue weighted by atomic mass is 10.3. The number of nitrogens with zero attached hydrogens (tertiary/aromatic N) is 3. The van der Waals surface area contributed by atoms with Gasteiger partial charge < -0.3 is 9.84 Å². The summed E-state index contributed by atoms with van der Waals surface area (Å²) >= 11 is 0. The van der Waals surface area contributed by atoms with Crippen molar-refractivity contribution in [3.05, 3.63) is 29.3 Å². The molecule has 0 aliphatic rings. The summed E-state index contributed by atoms with van der Waals surface area (Å²) in [7, 11) is 0. The Hall–Kier alpha value is -2.44. The smallest absolute Gasteiger partial charge is 0.278 e. The average Bonchev–Trinajstić information content (AvgIpc) is 2.72. The molecule has 0 spiro atoms. The maximum absolute atomic E-state index is 11.9. The minimum absolute atomic E-state index is 0.218. The lowest BCUT2D eigenvalue weighted by Crippen LogP contribution is -2.14. The molecule has 100 valence electrons. The Morgan fingerprint density at radius 3 is 2.63 bits per heavy atom. The van der Waals surface area contributed by atoms with Gasteiger partial charge in [0.2, 0.25) is 5.88 Å². The van der Waals surface area contributed by atoms with Gasteiger partial charge in [0.1, 0.15) is 11.5 Å². The van der Waals surface area contributed by atoms with Gasteiger partial charge in [-0.2, -0.15) is 0 Å². The van der Waals surface area contributed by atoms with Crippen molar-refractivity contribution in [3.8, 4) is 0 Å². The molecule has 0 unspecified atom stereocenters.